The average Bonchev–Trinajstić information content (AvgIpc) is 2.67. The van der Waals surface area contributed by atoms with E-state index < -0.39 is 11.1 Å². The monoisotopic (exact) mass is 232 g/mol. The number of hydrogen-bond acceptors (Lipinski definition) is 2. The highest BCUT2D eigenvalue weighted by Gasteiger charge is 2.60. The van der Waals surface area contributed by atoms with Gasteiger partial charge in [-0.3, -0.25) is 0 Å². The first kappa shape index (κ1) is 10.9. The Kier molecular flexibility index (Phi) is 2.17. The molecule has 0 bridgehead atoms. The minimum atomic E-state index is -0.446. The molecular weight excluding hydrogens is 214 g/mol. The molecule has 3 heteroatoms. The topological polar surface area (TPSA) is 29.3 Å². The van der Waals surface area contributed by atoms with Crippen LogP contribution in [0.15, 0.2) is 24.3 Å². The summed E-state index contributed by atoms with van der Waals surface area (Å²) >= 11 is 0. The quantitative estimate of drug-likeness (QED) is 0.643. The molecule has 1 atom stereocenters. The van der Waals surface area contributed by atoms with E-state index in [1.807, 2.05) is 26.0 Å². The standard InChI is InChI=1S/C14H18NO2/c1-13(2)9-17-10-14(15(13)16)8-7-11-5-3-4-6-12(11)14/h3-6H,7-10H2,1-2H3/q+1. The van der Waals surface area contributed by atoms with Gasteiger partial charge in [0.1, 0.15) is 13.2 Å². The van der Waals surface area contributed by atoms with Crippen molar-refractivity contribution in [3.8, 4) is 0 Å². The van der Waals surface area contributed by atoms with E-state index in [4.69, 9.17) is 4.74 Å². The summed E-state index contributed by atoms with van der Waals surface area (Å²) in [5.41, 5.74) is 1.59. The first-order valence-corrected chi connectivity index (χ1v) is 6.20. The Balaban J connectivity index is 2.12. The molecule has 1 saturated heterocycles. The lowest BCUT2D eigenvalue weighted by Crippen LogP contribution is -2.57. The van der Waals surface area contributed by atoms with Gasteiger partial charge in [-0.1, -0.05) is 24.3 Å². The SMILES string of the molecule is CC1(C)COCC2(CCc3ccccc32)[N+]1=O. The summed E-state index contributed by atoms with van der Waals surface area (Å²) in [4.78, 5) is 12.7. The molecule has 3 nitrogen and oxygen atoms in total. The number of hydrogen-bond donors (Lipinski definition) is 0. The molecule has 90 valence electrons. The highest BCUT2D eigenvalue weighted by molar-refractivity contribution is 5.37. The van der Waals surface area contributed by atoms with Crippen molar-refractivity contribution in [3.63, 3.8) is 0 Å². The van der Waals surface area contributed by atoms with E-state index in [1.54, 1.807) is 0 Å². The maximum absolute atomic E-state index is 12.7. The van der Waals surface area contributed by atoms with Crippen molar-refractivity contribution >= 4 is 0 Å². The first-order valence-electron chi connectivity index (χ1n) is 6.20. The Hall–Kier alpha value is -1.22. The lowest BCUT2D eigenvalue weighted by atomic mass is 9.87. The van der Waals surface area contributed by atoms with E-state index in [2.05, 4.69) is 12.1 Å². The van der Waals surface area contributed by atoms with E-state index in [0.29, 0.717) is 13.2 Å². The number of nitrogens with zero attached hydrogens (tertiary/aromatic N) is 1. The predicted molar refractivity (Wildman–Crippen MR) is 65.0 cm³/mol. The third-order valence-corrected chi connectivity index (χ3v) is 4.06. The van der Waals surface area contributed by atoms with Crippen LogP contribution in [0.25, 0.3) is 0 Å². The zero-order valence-corrected chi connectivity index (χ0v) is 10.4. The molecule has 1 aliphatic carbocycles. The van der Waals surface area contributed by atoms with Crippen molar-refractivity contribution in [3.05, 3.63) is 40.3 Å². The summed E-state index contributed by atoms with van der Waals surface area (Å²) in [6.07, 6.45) is 1.85. The molecule has 1 unspecified atom stereocenters. The van der Waals surface area contributed by atoms with Crippen molar-refractivity contribution < 1.29 is 9.50 Å². The number of nitroso groups, excluding NO2 is 1. The number of benzene rings is 1. The van der Waals surface area contributed by atoms with Gasteiger partial charge in [0.15, 0.2) is 0 Å². The number of aryl methyl sites for hydroxylation is 1. The summed E-state index contributed by atoms with van der Waals surface area (Å²) in [6, 6.07) is 8.26. The third-order valence-electron chi connectivity index (χ3n) is 4.06. The van der Waals surface area contributed by atoms with Gasteiger partial charge in [-0.05, 0) is 12.0 Å². The van der Waals surface area contributed by atoms with Gasteiger partial charge < -0.3 is 4.74 Å². The summed E-state index contributed by atoms with van der Waals surface area (Å²) in [5.74, 6) is 0. The van der Waals surface area contributed by atoms with E-state index in [9.17, 15) is 4.91 Å². The Morgan fingerprint density at radius 2 is 2.00 bits per heavy atom. The van der Waals surface area contributed by atoms with Crippen molar-refractivity contribution in [1.29, 1.82) is 0 Å². The molecule has 3 rings (SSSR count). The molecule has 0 saturated carbocycles. The van der Waals surface area contributed by atoms with Gasteiger partial charge >= 0.3 is 0 Å². The van der Waals surface area contributed by atoms with Gasteiger partial charge in [0.05, 0.1) is 0 Å². The second-order valence-electron chi connectivity index (χ2n) is 5.79. The molecule has 1 aromatic carbocycles. The van der Waals surface area contributed by atoms with Gasteiger partial charge in [0.25, 0.3) is 5.54 Å². The highest BCUT2D eigenvalue weighted by atomic mass is 16.5. The number of morpholine rings is 1. The Morgan fingerprint density at radius 1 is 1.24 bits per heavy atom. The van der Waals surface area contributed by atoms with Gasteiger partial charge in [-0.25, -0.2) is 0 Å². The second-order valence-corrected chi connectivity index (χ2v) is 5.79. The van der Waals surface area contributed by atoms with Gasteiger partial charge in [-0.2, -0.15) is 0 Å². The van der Waals surface area contributed by atoms with Crippen LogP contribution in [-0.2, 0) is 16.7 Å². The maximum atomic E-state index is 12.7. The molecule has 0 radical (unpaired) electrons. The first-order chi connectivity index (χ1) is 8.06. The van der Waals surface area contributed by atoms with E-state index in [-0.39, 0.29) is 0 Å². The summed E-state index contributed by atoms with van der Waals surface area (Å²) in [6.45, 7) is 4.96. The van der Waals surface area contributed by atoms with Crippen molar-refractivity contribution in [2.24, 2.45) is 0 Å². The Labute approximate surface area is 101 Å². The molecule has 1 fully saturated rings. The fraction of sp³-hybridized carbons (Fsp3) is 0.571. The predicted octanol–water partition coefficient (Wildman–Crippen LogP) is 2.42. The molecule has 1 spiro atoms. The van der Waals surface area contributed by atoms with Crippen LogP contribution < -0.4 is 0 Å². The van der Waals surface area contributed by atoms with E-state index in [1.165, 1.54) is 15.9 Å². The van der Waals surface area contributed by atoms with Crippen molar-refractivity contribution in [2.45, 2.75) is 37.8 Å². The fourth-order valence-electron chi connectivity index (χ4n) is 3.20. The summed E-state index contributed by atoms with van der Waals surface area (Å²) < 4.78 is 7.00. The molecule has 1 heterocycles. The smallest absolute Gasteiger partial charge is 0.259 e. The van der Waals surface area contributed by atoms with Crippen LogP contribution in [0.3, 0.4) is 0 Å². The molecule has 0 aromatic heterocycles. The number of fused-ring (bicyclic) bond motifs is 2. The largest absolute Gasteiger partial charge is 0.366 e. The molecule has 17 heavy (non-hydrogen) atoms. The van der Waals surface area contributed by atoms with Crippen LogP contribution in [0.1, 0.15) is 31.4 Å². The van der Waals surface area contributed by atoms with Crippen molar-refractivity contribution in [1.82, 2.24) is 0 Å². The van der Waals surface area contributed by atoms with Crippen LogP contribution in [-0.4, -0.2) is 23.5 Å². The van der Waals surface area contributed by atoms with Gasteiger partial charge in [0.2, 0.25) is 5.54 Å². The molecule has 1 aliphatic heterocycles. The normalized spacial score (nSPS) is 30.6. The van der Waals surface area contributed by atoms with Crippen LogP contribution in [0.5, 0.6) is 0 Å². The zero-order valence-electron chi connectivity index (χ0n) is 10.4. The van der Waals surface area contributed by atoms with Gasteiger partial charge in [-0.15, -0.1) is 0 Å². The highest BCUT2D eigenvalue weighted by Crippen LogP contribution is 2.44. The van der Waals surface area contributed by atoms with Crippen LogP contribution >= 0.6 is 0 Å². The van der Waals surface area contributed by atoms with Crippen LogP contribution in [0, 0.1) is 4.91 Å². The lowest BCUT2D eigenvalue weighted by molar-refractivity contribution is -0.716. The Bertz CT molecular complexity index is 477. The lowest BCUT2D eigenvalue weighted by Gasteiger charge is -2.34. The van der Waals surface area contributed by atoms with Crippen LogP contribution in [0.4, 0.5) is 0 Å². The van der Waals surface area contributed by atoms with Crippen LogP contribution in [0.2, 0.25) is 0 Å². The van der Waals surface area contributed by atoms with E-state index >= 15 is 0 Å². The zero-order chi connectivity index (χ0) is 12.1. The average molecular weight is 232 g/mol. The molecule has 0 N–H and O–H groups in total. The molecule has 0 amide bonds. The molecule has 1 aromatic rings. The second kappa shape index (κ2) is 3.39. The van der Waals surface area contributed by atoms with E-state index in [0.717, 1.165) is 12.8 Å². The fourth-order valence-corrected chi connectivity index (χ4v) is 3.20. The number of rotatable bonds is 0. The molecular formula is C14H18NO2+. The summed E-state index contributed by atoms with van der Waals surface area (Å²) in [7, 11) is 0. The minimum absolute atomic E-state index is 0.435. The van der Waals surface area contributed by atoms with Gasteiger partial charge in [0, 0.05) is 35.5 Å². The minimum Gasteiger partial charge on any atom is -0.366 e. The number of ether oxygens (including phenoxy) is 1. The summed E-state index contributed by atoms with van der Waals surface area (Å²) in [5, 5.41) is 0. The van der Waals surface area contributed by atoms with Crippen molar-refractivity contribution in [2.75, 3.05) is 13.2 Å². The Morgan fingerprint density at radius 3 is 2.82 bits per heavy atom. The molecule has 2 aliphatic rings. The maximum Gasteiger partial charge on any atom is 0.259 e. The third kappa shape index (κ3) is 1.38.